The molecule has 0 heterocycles. The van der Waals surface area contributed by atoms with E-state index in [1.165, 1.54) is 36.4 Å². The highest BCUT2D eigenvalue weighted by Crippen LogP contribution is 2.32. The molecule has 0 aliphatic carbocycles. The Hall–Kier alpha value is -1.75. The van der Waals surface area contributed by atoms with Gasteiger partial charge in [-0.25, -0.2) is 4.39 Å². The molecule has 0 saturated carbocycles. The van der Waals surface area contributed by atoms with Crippen LogP contribution in [0, 0.1) is 5.82 Å². The molecule has 0 atom stereocenters. The van der Waals surface area contributed by atoms with Crippen molar-refractivity contribution in [2.24, 2.45) is 0 Å². The van der Waals surface area contributed by atoms with Crippen molar-refractivity contribution in [1.82, 2.24) is 0 Å². The van der Waals surface area contributed by atoms with Crippen LogP contribution in [0.3, 0.4) is 0 Å². The second kappa shape index (κ2) is 5.71. The number of halogens is 5. The number of hydrogen-bond acceptors (Lipinski definition) is 1. The molecule has 0 radical (unpaired) electrons. The number of nitrogens with one attached hydrogen (secondary N) is 1. The largest absolute Gasteiger partial charge is 0.416 e. The summed E-state index contributed by atoms with van der Waals surface area (Å²) in [6.45, 7) is -0.146. The van der Waals surface area contributed by atoms with E-state index < -0.39 is 17.6 Å². The van der Waals surface area contributed by atoms with Gasteiger partial charge in [-0.2, -0.15) is 13.2 Å². The maximum atomic E-state index is 13.6. The Morgan fingerprint density at radius 2 is 1.70 bits per heavy atom. The van der Waals surface area contributed by atoms with Crippen molar-refractivity contribution < 1.29 is 17.6 Å². The third kappa shape index (κ3) is 3.22. The van der Waals surface area contributed by atoms with Gasteiger partial charge in [0.1, 0.15) is 0 Å². The first kappa shape index (κ1) is 14.7. The molecule has 0 fully saturated rings. The molecule has 6 heteroatoms. The van der Waals surface area contributed by atoms with Crippen LogP contribution in [-0.2, 0) is 12.7 Å². The summed E-state index contributed by atoms with van der Waals surface area (Å²) in [7, 11) is 0. The summed E-state index contributed by atoms with van der Waals surface area (Å²) >= 11 is 5.60. The molecule has 1 N–H and O–H groups in total. The van der Waals surface area contributed by atoms with Crippen molar-refractivity contribution >= 4 is 17.3 Å². The third-order valence-corrected chi connectivity index (χ3v) is 3.04. The maximum absolute atomic E-state index is 13.6. The molecule has 2 aromatic carbocycles. The zero-order valence-electron chi connectivity index (χ0n) is 10.1. The van der Waals surface area contributed by atoms with E-state index in [9.17, 15) is 17.6 Å². The van der Waals surface area contributed by atoms with Crippen molar-refractivity contribution in [2.45, 2.75) is 12.7 Å². The van der Waals surface area contributed by atoms with Crippen LogP contribution in [0.2, 0.25) is 5.02 Å². The van der Waals surface area contributed by atoms with Gasteiger partial charge in [0.05, 0.1) is 16.3 Å². The molecule has 0 saturated heterocycles. The van der Waals surface area contributed by atoms with E-state index in [4.69, 9.17) is 11.6 Å². The molecule has 0 unspecified atom stereocenters. The number of benzene rings is 2. The van der Waals surface area contributed by atoms with Gasteiger partial charge in [0, 0.05) is 6.54 Å². The summed E-state index contributed by atoms with van der Waals surface area (Å²) in [6.07, 6.45) is -4.44. The van der Waals surface area contributed by atoms with Crippen LogP contribution in [0.5, 0.6) is 0 Å². The fourth-order valence-corrected chi connectivity index (χ4v) is 1.96. The summed E-state index contributed by atoms with van der Waals surface area (Å²) in [6, 6.07) is 9.45. The van der Waals surface area contributed by atoms with Crippen molar-refractivity contribution in [1.29, 1.82) is 0 Å². The van der Waals surface area contributed by atoms with Crippen LogP contribution in [0.25, 0.3) is 0 Å². The molecule has 106 valence electrons. The van der Waals surface area contributed by atoms with Crippen molar-refractivity contribution in [3.8, 4) is 0 Å². The number of anilines is 1. The predicted molar refractivity (Wildman–Crippen MR) is 70.2 cm³/mol. The minimum atomic E-state index is -4.44. The maximum Gasteiger partial charge on any atom is 0.416 e. The smallest absolute Gasteiger partial charge is 0.379 e. The summed E-state index contributed by atoms with van der Waals surface area (Å²) < 4.78 is 52.0. The lowest BCUT2D eigenvalue weighted by Gasteiger charge is -2.14. The van der Waals surface area contributed by atoms with E-state index >= 15 is 0 Å². The lowest BCUT2D eigenvalue weighted by Crippen LogP contribution is -2.12. The second-order valence-electron chi connectivity index (χ2n) is 4.11. The first-order chi connectivity index (χ1) is 9.39. The Kier molecular flexibility index (Phi) is 4.18. The highest BCUT2D eigenvalue weighted by atomic mass is 35.5. The fraction of sp³-hybridized carbons (Fsp3) is 0.143. The first-order valence-electron chi connectivity index (χ1n) is 5.72. The lowest BCUT2D eigenvalue weighted by atomic mass is 10.1. The van der Waals surface area contributed by atoms with Crippen LogP contribution in [0.4, 0.5) is 23.2 Å². The zero-order valence-corrected chi connectivity index (χ0v) is 10.9. The van der Waals surface area contributed by atoms with E-state index in [2.05, 4.69) is 5.32 Å². The predicted octanol–water partition coefficient (Wildman–Crippen LogP) is 5.11. The van der Waals surface area contributed by atoms with Gasteiger partial charge in [0.25, 0.3) is 0 Å². The minimum absolute atomic E-state index is 0.0411. The van der Waals surface area contributed by atoms with Crippen molar-refractivity contribution in [2.75, 3.05) is 5.32 Å². The van der Waals surface area contributed by atoms with E-state index in [1.807, 2.05) is 0 Å². The Morgan fingerprint density at radius 1 is 1.00 bits per heavy atom. The van der Waals surface area contributed by atoms with E-state index in [0.717, 1.165) is 6.07 Å². The monoisotopic (exact) mass is 303 g/mol. The number of alkyl halides is 3. The summed E-state index contributed by atoms with van der Waals surface area (Å²) in [4.78, 5) is 0. The number of rotatable bonds is 3. The molecule has 2 rings (SSSR count). The quantitative estimate of drug-likeness (QED) is 0.777. The molecule has 0 amide bonds. The first-order valence-corrected chi connectivity index (χ1v) is 6.10. The van der Waals surface area contributed by atoms with E-state index in [-0.39, 0.29) is 22.8 Å². The Balaban J connectivity index is 2.22. The third-order valence-electron chi connectivity index (χ3n) is 2.74. The molecule has 0 spiro atoms. The molecule has 0 bridgehead atoms. The normalized spacial score (nSPS) is 11.4. The summed E-state index contributed by atoms with van der Waals surface area (Å²) in [5.74, 6) is -0.682. The van der Waals surface area contributed by atoms with Crippen molar-refractivity contribution in [3.05, 3.63) is 64.4 Å². The lowest BCUT2D eigenvalue weighted by molar-refractivity contribution is -0.138. The Bertz CT molecular complexity index is 610. The van der Waals surface area contributed by atoms with E-state index in [0.29, 0.717) is 0 Å². The van der Waals surface area contributed by atoms with Gasteiger partial charge in [0.15, 0.2) is 5.82 Å². The van der Waals surface area contributed by atoms with Crippen LogP contribution in [0.15, 0.2) is 42.5 Å². The van der Waals surface area contributed by atoms with Gasteiger partial charge >= 0.3 is 6.18 Å². The zero-order chi connectivity index (χ0) is 14.8. The second-order valence-corrected chi connectivity index (χ2v) is 4.52. The summed E-state index contributed by atoms with van der Waals surface area (Å²) in [5, 5.41) is 2.54. The fourth-order valence-electron chi connectivity index (χ4n) is 1.78. The molecule has 1 nitrogen and oxygen atoms in total. The molecule has 0 aliphatic heterocycles. The molecule has 0 aromatic heterocycles. The van der Waals surface area contributed by atoms with Gasteiger partial charge in [-0.3, -0.25) is 0 Å². The van der Waals surface area contributed by atoms with Gasteiger partial charge in [-0.1, -0.05) is 35.9 Å². The standard InChI is InChI=1S/C14H10ClF4N/c15-11-6-3-7-12(13(11)16)20-8-9-4-1-2-5-10(9)14(17,18)19/h1-7,20H,8H2. The van der Waals surface area contributed by atoms with Crippen LogP contribution >= 0.6 is 11.6 Å². The average molecular weight is 304 g/mol. The molecular weight excluding hydrogens is 294 g/mol. The van der Waals surface area contributed by atoms with Gasteiger partial charge < -0.3 is 5.32 Å². The highest BCUT2D eigenvalue weighted by molar-refractivity contribution is 6.31. The van der Waals surface area contributed by atoms with Crippen LogP contribution in [0.1, 0.15) is 11.1 Å². The van der Waals surface area contributed by atoms with E-state index in [1.54, 1.807) is 0 Å². The summed E-state index contributed by atoms with van der Waals surface area (Å²) in [5.41, 5.74) is -0.635. The Labute approximate surface area is 118 Å². The topological polar surface area (TPSA) is 12.0 Å². The van der Waals surface area contributed by atoms with Crippen LogP contribution < -0.4 is 5.32 Å². The molecule has 20 heavy (non-hydrogen) atoms. The molecule has 0 aliphatic rings. The molecule has 2 aromatic rings. The van der Waals surface area contributed by atoms with Crippen LogP contribution in [-0.4, -0.2) is 0 Å². The van der Waals surface area contributed by atoms with Gasteiger partial charge in [0.2, 0.25) is 0 Å². The Morgan fingerprint density at radius 3 is 2.40 bits per heavy atom. The minimum Gasteiger partial charge on any atom is -0.379 e. The van der Waals surface area contributed by atoms with Gasteiger partial charge in [-0.05, 0) is 23.8 Å². The SMILES string of the molecule is Fc1c(Cl)cccc1NCc1ccccc1C(F)(F)F. The average Bonchev–Trinajstić information content (AvgIpc) is 2.40. The number of hydrogen-bond donors (Lipinski definition) is 1. The van der Waals surface area contributed by atoms with Gasteiger partial charge in [-0.15, -0.1) is 0 Å². The molecular formula is C14H10ClF4N. The highest BCUT2D eigenvalue weighted by Gasteiger charge is 2.32. The van der Waals surface area contributed by atoms with Crippen molar-refractivity contribution in [3.63, 3.8) is 0 Å².